The molecule has 130 valence electrons. The van der Waals surface area contributed by atoms with Crippen LogP contribution < -0.4 is 10.6 Å². The van der Waals surface area contributed by atoms with E-state index < -0.39 is 6.04 Å². The third-order valence-electron chi connectivity index (χ3n) is 3.95. The normalized spacial score (nSPS) is 12.1. The summed E-state index contributed by atoms with van der Waals surface area (Å²) in [5.74, 6) is 0.626. The molecule has 2 N–H and O–H groups in total. The minimum absolute atomic E-state index is 0.149. The molecule has 2 heterocycles. The monoisotopic (exact) mass is 339 g/mol. The van der Waals surface area contributed by atoms with Crippen LogP contribution in [0, 0.1) is 0 Å². The van der Waals surface area contributed by atoms with Crippen LogP contribution in [0.25, 0.3) is 11.4 Å². The van der Waals surface area contributed by atoms with Gasteiger partial charge in [-0.05, 0) is 26.1 Å². The van der Waals surface area contributed by atoms with Crippen LogP contribution in [0.3, 0.4) is 0 Å². The number of anilines is 1. The number of hydrogen-bond acceptors (Lipinski definition) is 5. The highest BCUT2D eigenvalue weighted by molar-refractivity contribution is 5.95. The standard InChI is InChI=1S/C17H21N7O/c1-4-24-11-19-22-16(24)12-6-5-7-14(8-12)21-17(25)15(18-2)13-9-20-23(3)10-13/h5-11,15,18H,4H2,1-3H3,(H,21,25). The van der Waals surface area contributed by atoms with Crippen molar-refractivity contribution in [3.63, 3.8) is 0 Å². The van der Waals surface area contributed by atoms with Gasteiger partial charge in [-0.25, -0.2) is 0 Å². The number of carbonyl (C=O) groups is 1. The second-order valence-corrected chi connectivity index (χ2v) is 5.68. The minimum Gasteiger partial charge on any atom is -0.324 e. The van der Waals surface area contributed by atoms with E-state index in [4.69, 9.17) is 0 Å². The van der Waals surface area contributed by atoms with E-state index in [1.165, 1.54) is 0 Å². The molecule has 3 aromatic rings. The maximum atomic E-state index is 12.6. The summed E-state index contributed by atoms with van der Waals surface area (Å²) in [4.78, 5) is 12.6. The Hall–Kier alpha value is -3.00. The molecule has 1 aromatic carbocycles. The second-order valence-electron chi connectivity index (χ2n) is 5.68. The van der Waals surface area contributed by atoms with Gasteiger partial charge in [-0.3, -0.25) is 9.48 Å². The number of likely N-dealkylation sites (N-methyl/N-ethyl adjacent to an activating group) is 1. The second kappa shape index (κ2) is 7.27. The summed E-state index contributed by atoms with van der Waals surface area (Å²) in [7, 11) is 3.57. The lowest BCUT2D eigenvalue weighted by Gasteiger charge is -2.15. The van der Waals surface area contributed by atoms with Crippen LogP contribution in [-0.4, -0.2) is 37.5 Å². The zero-order valence-corrected chi connectivity index (χ0v) is 14.5. The molecule has 3 rings (SSSR count). The predicted octanol–water partition coefficient (Wildman–Crippen LogP) is 1.60. The Labute approximate surface area is 145 Å². The van der Waals surface area contributed by atoms with Crippen LogP contribution in [0.4, 0.5) is 5.69 Å². The Morgan fingerprint density at radius 1 is 1.36 bits per heavy atom. The SMILES string of the molecule is CCn1cnnc1-c1cccc(NC(=O)C(NC)c2cnn(C)c2)c1. The van der Waals surface area contributed by atoms with Crippen molar-refractivity contribution in [2.24, 2.45) is 7.05 Å². The predicted molar refractivity (Wildman–Crippen MR) is 94.8 cm³/mol. The first-order chi connectivity index (χ1) is 12.1. The van der Waals surface area contributed by atoms with E-state index in [0.717, 1.165) is 23.5 Å². The van der Waals surface area contributed by atoms with Gasteiger partial charge in [-0.1, -0.05) is 12.1 Å². The van der Waals surface area contributed by atoms with E-state index in [1.807, 2.05) is 49.0 Å². The zero-order chi connectivity index (χ0) is 17.8. The summed E-state index contributed by atoms with van der Waals surface area (Å²) in [5.41, 5.74) is 2.42. The molecular formula is C17H21N7O. The Morgan fingerprint density at radius 3 is 2.88 bits per heavy atom. The van der Waals surface area contributed by atoms with Gasteiger partial charge < -0.3 is 15.2 Å². The summed E-state index contributed by atoms with van der Waals surface area (Å²) in [6.45, 7) is 2.81. The average Bonchev–Trinajstić information content (AvgIpc) is 3.24. The van der Waals surface area contributed by atoms with Crippen LogP contribution in [-0.2, 0) is 18.4 Å². The molecule has 8 nitrogen and oxygen atoms in total. The molecule has 0 radical (unpaired) electrons. The molecule has 8 heteroatoms. The van der Waals surface area contributed by atoms with E-state index in [2.05, 4.69) is 25.9 Å². The lowest BCUT2D eigenvalue weighted by Crippen LogP contribution is -2.30. The number of rotatable bonds is 6. The van der Waals surface area contributed by atoms with Crippen LogP contribution in [0.5, 0.6) is 0 Å². The fraction of sp³-hybridized carbons (Fsp3) is 0.294. The number of nitrogens with one attached hydrogen (secondary N) is 2. The summed E-state index contributed by atoms with van der Waals surface area (Å²) in [6, 6.07) is 7.10. The first kappa shape index (κ1) is 16.8. The van der Waals surface area contributed by atoms with Gasteiger partial charge in [0, 0.05) is 36.6 Å². The van der Waals surface area contributed by atoms with E-state index in [-0.39, 0.29) is 5.91 Å². The molecule has 2 aromatic heterocycles. The molecule has 0 aliphatic carbocycles. The van der Waals surface area contributed by atoms with Gasteiger partial charge in [-0.2, -0.15) is 5.10 Å². The smallest absolute Gasteiger partial charge is 0.246 e. The molecule has 0 aliphatic rings. The van der Waals surface area contributed by atoms with Gasteiger partial charge in [0.25, 0.3) is 0 Å². The Kier molecular flexibility index (Phi) is 4.90. The summed E-state index contributed by atoms with van der Waals surface area (Å²) in [6.07, 6.45) is 5.20. The zero-order valence-electron chi connectivity index (χ0n) is 14.5. The number of carbonyl (C=O) groups excluding carboxylic acids is 1. The quantitative estimate of drug-likeness (QED) is 0.712. The lowest BCUT2D eigenvalue weighted by molar-refractivity contribution is -0.118. The molecule has 25 heavy (non-hydrogen) atoms. The van der Waals surface area contributed by atoms with Crippen molar-refractivity contribution in [2.45, 2.75) is 19.5 Å². The van der Waals surface area contributed by atoms with Gasteiger partial charge in [0.15, 0.2) is 5.82 Å². The van der Waals surface area contributed by atoms with Gasteiger partial charge in [-0.15, -0.1) is 10.2 Å². The molecule has 1 atom stereocenters. The third-order valence-corrected chi connectivity index (χ3v) is 3.95. The van der Waals surface area contributed by atoms with Crippen molar-refractivity contribution in [3.05, 3.63) is 48.5 Å². The van der Waals surface area contributed by atoms with Crippen LogP contribution in [0.1, 0.15) is 18.5 Å². The van der Waals surface area contributed by atoms with Gasteiger partial charge in [0.2, 0.25) is 5.91 Å². The van der Waals surface area contributed by atoms with E-state index >= 15 is 0 Å². The van der Waals surface area contributed by atoms with E-state index in [0.29, 0.717) is 5.69 Å². The molecule has 0 saturated carbocycles. The topological polar surface area (TPSA) is 89.7 Å². The van der Waals surface area contributed by atoms with Crippen molar-refractivity contribution in [3.8, 4) is 11.4 Å². The maximum Gasteiger partial charge on any atom is 0.246 e. The average molecular weight is 339 g/mol. The molecule has 0 saturated heterocycles. The van der Waals surface area contributed by atoms with Crippen LogP contribution >= 0.6 is 0 Å². The summed E-state index contributed by atoms with van der Waals surface area (Å²) < 4.78 is 3.62. The number of aromatic nitrogens is 5. The molecule has 1 amide bonds. The molecule has 0 bridgehead atoms. The number of hydrogen-bond donors (Lipinski definition) is 2. The third kappa shape index (κ3) is 3.58. The first-order valence-electron chi connectivity index (χ1n) is 8.07. The van der Waals surface area contributed by atoms with Crippen molar-refractivity contribution in [1.82, 2.24) is 29.9 Å². The minimum atomic E-state index is -0.475. The number of nitrogens with zero attached hydrogens (tertiary/aromatic N) is 5. The van der Waals surface area contributed by atoms with Crippen molar-refractivity contribution < 1.29 is 4.79 Å². The Bertz CT molecular complexity index is 867. The fourth-order valence-corrected chi connectivity index (χ4v) is 2.70. The molecule has 0 spiro atoms. The molecule has 0 fully saturated rings. The van der Waals surface area contributed by atoms with Crippen LogP contribution in [0.15, 0.2) is 43.0 Å². The fourth-order valence-electron chi connectivity index (χ4n) is 2.70. The van der Waals surface area contributed by atoms with Crippen LogP contribution in [0.2, 0.25) is 0 Å². The highest BCUT2D eigenvalue weighted by Gasteiger charge is 2.20. The maximum absolute atomic E-state index is 12.6. The number of benzene rings is 1. The molecule has 1 unspecified atom stereocenters. The highest BCUT2D eigenvalue weighted by Crippen LogP contribution is 2.22. The Balaban J connectivity index is 1.81. The number of aryl methyl sites for hydroxylation is 2. The van der Waals surface area contributed by atoms with Gasteiger partial charge in [0.05, 0.1) is 6.20 Å². The first-order valence-corrected chi connectivity index (χ1v) is 8.07. The van der Waals surface area contributed by atoms with Crippen molar-refractivity contribution in [2.75, 3.05) is 12.4 Å². The molecular weight excluding hydrogens is 318 g/mol. The van der Waals surface area contributed by atoms with E-state index in [9.17, 15) is 4.79 Å². The van der Waals surface area contributed by atoms with E-state index in [1.54, 1.807) is 24.3 Å². The van der Waals surface area contributed by atoms with Gasteiger partial charge >= 0.3 is 0 Å². The summed E-state index contributed by atoms with van der Waals surface area (Å²) in [5, 5.41) is 18.2. The lowest BCUT2D eigenvalue weighted by atomic mass is 10.1. The largest absolute Gasteiger partial charge is 0.324 e. The number of amides is 1. The summed E-state index contributed by atoms with van der Waals surface area (Å²) >= 11 is 0. The van der Waals surface area contributed by atoms with Crippen molar-refractivity contribution >= 4 is 11.6 Å². The Morgan fingerprint density at radius 2 is 2.20 bits per heavy atom. The highest BCUT2D eigenvalue weighted by atomic mass is 16.2. The van der Waals surface area contributed by atoms with Crippen molar-refractivity contribution in [1.29, 1.82) is 0 Å². The molecule has 0 aliphatic heterocycles. The van der Waals surface area contributed by atoms with Gasteiger partial charge in [0.1, 0.15) is 12.4 Å².